The van der Waals surface area contributed by atoms with Crippen molar-refractivity contribution < 1.29 is 26.6 Å². The number of hydrogen-bond donors (Lipinski definition) is 0. The second-order valence-corrected chi connectivity index (χ2v) is 17.8. The van der Waals surface area contributed by atoms with Crippen LogP contribution in [0, 0.1) is 0 Å². The first-order valence-corrected chi connectivity index (χ1v) is 23.0. The molecular weight excluding hydrogens is 577 g/mol. The highest BCUT2D eigenvalue weighted by Crippen LogP contribution is 2.21. The summed E-state index contributed by atoms with van der Waals surface area (Å²) < 4.78 is 36.8. The fraction of sp³-hybridized carbons (Fsp3) is 1.00. The summed E-state index contributed by atoms with van der Waals surface area (Å²) in [5, 5.41) is 0.865. The van der Waals surface area contributed by atoms with E-state index in [4.69, 9.17) is 26.6 Å². The molecule has 0 spiro atoms. The van der Waals surface area contributed by atoms with E-state index in [-0.39, 0.29) is 0 Å². The normalized spacial score (nSPS) is 12.0. The van der Waals surface area contributed by atoms with E-state index in [9.17, 15) is 0 Å². The van der Waals surface area contributed by atoms with E-state index >= 15 is 0 Å². The SMILES string of the molecule is CCCCO[Si](CCCSC)(OCCCC)OCCCC.CCCCO[Si](CSC)(OCCCC)OCCCC. The van der Waals surface area contributed by atoms with Gasteiger partial charge in [-0.05, 0) is 63.2 Å². The zero-order valence-corrected chi connectivity index (χ0v) is 31.5. The molecule has 0 atom stereocenters. The fourth-order valence-corrected chi connectivity index (χ4v) is 10.8. The number of hydrogen-bond acceptors (Lipinski definition) is 8. The van der Waals surface area contributed by atoms with Crippen molar-refractivity contribution in [2.75, 3.05) is 63.3 Å². The van der Waals surface area contributed by atoms with Crippen LogP contribution in [0.4, 0.5) is 0 Å². The van der Waals surface area contributed by atoms with Crippen molar-refractivity contribution in [1.29, 1.82) is 0 Å². The molecule has 0 unspecified atom stereocenters. The summed E-state index contributed by atoms with van der Waals surface area (Å²) in [7, 11) is -4.90. The van der Waals surface area contributed by atoms with E-state index in [2.05, 4.69) is 54.1 Å². The van der Waals surface area contributed by atoms with Crippen LogP contribution in [0.15, 0.2) is 0 Å². The van der Waals surface area contributed by atoms with Crippen LogP contribution in [0.25, 0.3) is 0 Å². The molecule has 0 rings (SSSR count). The zero-order valence-electron chi connectivity index (χ0n) is 27.8. The third-order valence-electron chi connectivity index (χ3n) is 6.07. The van der Waals surface area contributed by atoms with Crippen molar-refractivity contribution in [2.45, 2.75) is 131 Å². The van der Waals surface area contributed by atoms with Crippen molar-refractivity contribution in [3.05, 3.63) is 0 Å². The van der Waals surface area contributed by atoms with Crippen LogP contribution in [0.5, 0.6) is 0 Å². The van der Waals surface area contributed by atoms with Crippen molar-refractivity contribution in [1.82, 2.24) is 0 Å². The largest absolute Gasteiger partial charge is 0.511 e. The van der Waals surface area contributed by atoms with Crippen LogP contribution in [0.3, 0.4) is 0 Å². The quantitative estimate of drug-likeness (QED) is 0.0566. The van der Waals surface area contributed by atoms with Gasteiger partial charge in [0, 0.05) is 45.7 Å². The summed E-state index contributed by atoms with van der Waals surface area (Å²) in [6.45, 7) is 17.7. The van der Waals surface area contributed by atoms with Gasteiger partial charge in [0.25, 0.3) is 0 Å². The molecule has 0 radical (unpaired) electrons. The molecule has 0 heterocycles. The smallest absolute Gasteiger partial charge is 0.373 e. The predicted molar refractivity (Wildman–Crippen MR) is 183 cm³/mol. The summed E-state index contributed by atoms with van der Waals surface area (Å²) in [4.78, 5) is 0. The van der Waals surface area contributed by atoms with Gasteiger partial charge in [-0.1, -0.05) is 80.1 Å². The van der Waals surface area contributed by atoms with Crippen LogP contribution < -0.4 is 0 Å². The maximum Gasteiger partial charge on any atom is 0.511 e. The van der Waals surface area contributed by atoms with Gasteiger partial charge in [-0.3, -0.25) is 0 Å². The molecule has 0 saturated heterocycles. The first-order chi connectivity index (χ1) is 19.5. The first-order valence-electron chi connectivity index (χ1n) is 16.3. The Morgan fingerprint density at radius 1 is 0.400 bits per heavy atom. The van der Waals surface area contributed by atoms with Crippen LogP contribution in [-0.4, -0.2) is 80.9 Å². The molecule has 0 saturated carbocycles. The first kappa shape index (κ1) is 43.0. The van der Waals surface area contributed by atoms with Gasteiger partial charge in [-0.25, -0.2) is 0 Å². The van der Waals surface area contributed by atoms with E-state index in [1.165, 1.54) is 0 Å². The Morgan fingerprint density at radius 3 is 0.950 bits per heavy atom. The molecule has 10 heteroatoms. The third-order valence-corrected chi connectivity index (χ3v) is 14.2. The van der Waals surface area contributed by atoms with Crippen molar-refractivity contribution in [3.8, 4) is 0 Å². The number of thioether (sulfide) groups is 2. The molecule has 6 nitrogen and oxygen atoms in total. The average Bonchev–Trinajstić information content (AvgIpc) is 2.94. The molecule has 244 valence electrons. The van der Waals surface area contributed by atoms with Gasteiger partial charge in [0.15, 0.2) is 0 Å². The lowest BCUT2D eigenvalue weighted by molar-refractivity contribution is 0.0561. The standard InChI is InChI=1S/C16H36O3SSi.C14H32O3SSi/c1-5-8-12-17-21(16-11-15-20-4,18-13-9-6-2)19-14-10-7-3;1-5-8-11-15-19(14-18-4,16-12-9-6-2)17-13-10-7-3/h5-16H2,1-4H3;5-14H2,1-4H3. The lowest BCUT2D eigenvalue weighted by atomic mass is 10.4. The molecule has 40 heavy (non-hydrogen) atoms. The van der Waals surface area contributed by atoms with Gasteiger partial charge >= 0.3 is 17.6 Å². The Balaban J connectivity index is 0. The molecular formula is C30H68O6S2Si2. The average molecular weight is 645 g/mol. The molecule has 0 amide bonds. The second-order valence-electron chi connectivity index (χ2n) is 10.1. The Morgan fingerprint density at radius 2 is 0.700 bits per heavy atom. The summed E-state index contributed by atoms with van der Waals surface area (Å²) >= 11 is 3.65. The van der Waals surface area contributed by atoms with Crippen LogP contribution in [-0.2, 0) is 26.6 Å². The summed E-state index contributed by atoms with van der Waals surface area (Å²) in [6, 6.07) is 0.963. The molecule has 0 aromatic heterocycles. The molecule has 0 N–H and O–H groups in total. The van der Waals surface area contributed by atoms with Crippen molar-refractivity contribution >= 4 is 41.1 Å². The highest BCUT2D eigenvalue weighted by molar-refractivity contribution is 8.00. The van der Waals surface area contributed by atoms with E-state index in [0.29, 0.717) is 0 Å². The van der Waals surface area contributed by atoms with Crippen LogP contribution in [0.1, 0.15) is 125 Å². The van der Waals surface area contributed by atoms with Gasteiger partial charge in [0.05, 0.1) is 5.38 Å². The van der Waals surface area contributed by atoms with E-state index in [1.54, 1.807) is 11.8 Å². The van der Waals surface area contributed by atoms with Crippen LogP contribution in [0.2, 0.25) is 6.04 Å². The van der Waals surface area contributed by atoms with Gasteiger partial charge in [0.1, 0.15) is 0 Å². The molecule has 0 aliphatic carbocycles. The van der Waals surface area contributed by atoms with Crippen molar-refractivity contribution in [3.63, 3.8) is 0 Å². The molecule has 0 aliphatic rings. The monoisotopic (exact) mass is 644 g/mol. The fourth-order valence-electron chi connectivity index (χ4n) is 3.43. The van der Waals surface area contributed by atoms with Gasteiger partial charge in [0.2, 0.25) is 0 Å². The summed E-state index contributed by atoms with van der Waals surface area (Å²) in [6.07, 6.45) is 18.8. The van der Waals surface area contributed by atoms with E-state index < -0.39 is 17.6 Å². The molecule has 0 aromatic rings. The number of rotatable bonds is 30. The van der Waals surface area contributed by atoms with E-state index in [0.717, 1.165) is 140 Å². The molecule has 0 aliphatic heterocycles. The van der Waals surface area contributed by atoms with Gasteiger partial charge in [-0.15, -0.1) is 0 Å². The highest BCUT2D eigenvalue weighted by atomic mass is 32.2. The molecule has 0 aromatic carbocycles. The lowest BCUT2D eigenvalue weighted by Crippen LogP contribution is -2.49. The minimum absolute atomic E-state index is 0.765. The van der Waals surface area contributed by atoms with Gasteiger partial charge < -0.3 is 26.6 Å². The topological polar surface area (TPSA) is 55.4 Å². The maximum absolute atomic E-state index is 6.20. The molecule has 0 fully saturated rings. The van der Waals surface area contributed by atoms with Gasteiger partial charge in [-0.2, -0.15) is 23.5 Å². The Hall–Kier alpha value is 0.894. The van der Waals surface area contributed by atoms with Crippen molar-refractivity contribution in [2.24, 2.45) is 0 Å². The Bertz CT molecular complexity index is 423. The third kappa shape index (κ3) is 25.4. The second kappa shape index (κ2) is 32.8. The zero-order chi connectivity index (χ0) is 30.2. The maximum atomic E-state index is 6.20. The summed E-state index contributed by atoms with van der Waals surface area (Å²) in [5.74, 6) is 1.15. The lowest BCUT2D eigenvalue weighted by Gasteiger charge is -2.30. The minimum Gasteiger partial charge on any atom is -0.373 e. The highest BCUT2D eigenvalue weighted by Gasteiger charge is 2.41. The van der Waals surface area contributed by atoms with E-state index in [1.807, 2.05) is 11.8 Å². The predicted octanol–water partition coefficient (Wildman–Crippen LogP) is 9.41. The van der Waals surface area contributed by atoms with Crippen LogP contribution >= 0.6 is 23.5 Å². The Kier molecular flexibility index (Phi) is 35.3. The molecule has 0 bridgehead atoms. The Labute approximate surface area is 261 Å². The minimum atomic E-state index is -2.46. The number of unbranched alkanes of at least 4 members (excludes halogenated alkanes) is 6. The summed E-state index contributed by atoms with van der Waals surface area (Å²) in [5.41, 5.74) is 0.